The van der Waals surface area contributed by atoms with Gasteiger partial charge in [-0.05, 0) is 32.4 Å². The van der Waals surface area contributed by atoms with Crippen LogP contribution in [0.3, 0.4) is 0 Å². The molecule has 1 aliphatic heterocycles. The molecule has 0 atom stereocenters. The smallest absolute Gasteiger partial charge is 0.309 e. The van der Waals surface area contributed by atoms with Gasteiger partial charge in [0.15, 0.2) is 0 Å². The van der Waals surface area contributed by atoms with E-state index in [1.54, 1.807) is 0 Å². The van der Waals surface area contributed by atoms with Gasteiger partial charge in [0.25, 0.3) is 0 Å². The third kappa shape index (κ3) is 3.94. The molecule has 0 unspecified atom stereocenters. The highest BCUT2D eigenvalue weighted by molar-refractivity contribution is 5.74. The minimum Gasteiger partial charge on any atom is -0.481 e. The van der Waals surface area contributed by atoms with Gasteiger partial charge in [-0.3, -0.25) is 4.79 Å². The van der Waals surface area contributed by atoms with Gasteiger partial charge < -0.3 is 19.8 Å². The van der Waals surface area contributed by atoms with Gasteiger partial charge in [-0.15, -0.1) is 0 Å². The largest absolute Gasteiger partial charge is 0.481 e. The molecule has 0 aliphatic carbocycles. The van der Waals surface area contributed by atoms with Crippen molar-refractivity contribution in [1.29, 1.82) is 0 Å². The van der Waals surface area contributed by atoms with E-state index in [9.17, 15) is 9.90 Å². The Morgan fingerprint density at radius 2 is 2.00 bits per heavy atom. The molecular formula is C12H23NO4. The molecule has 0 saturated carbocycles. The van der Waals surface area contributed by atoms with E-state index in [1.165, 1.54) is 0 Å². The maximum atomic E-state index is 11.2. The molecule has 0 radical (unpaired) electrons. The molecule has 0 amide bonds. The molecule has 0 aromatic heterocycles. The van der Waals surface area contributed by atoms with E-state index in [2.05, 4.69) is 4.90 Å². The van der Waals surface area contributed by atoms with Crippen molar-refractivity contribution in [3.05, 3.63) is 0 Å². The standard InChI is InChI=1S/C12H23NO4/c1-2-12(11(15)16)3-5-13(6-4-12)7-9-17-10-8-14/h14H,2-10H2,1H3,(H,15,16). The van der Waals surface area contributed by atoms with Crippen LogP contribution in [0.1, 0.15) is 26.2 Å². The van der Waals surface area contributed by atoms with Crippen LogP contribution in [-0.2, 0) is 9.53 Å². The SMILES string of the molecule is CCC1(C(=O)O)CCN(CCOCCO)CC1. The second-order valence-corrected chi connectivity index (χ2v) is 4.62. The monoisotopic (exact) mass is 245 g/mol. The molecule has 1 rings (SSSR count). The summed E-state index contributed by atoms with van der Waals surface area (Å²) in [5.74, 6) is -0.656. The number of aliphatic hydroxyl groups excluding tert-OH is 1. The van der Waals surface area contributed by atoms with Gasteiger partial charge in [0.2, 0.25) is 0 Å². The first-order chi connectivity index (χ1) is 8.14. The number of carboxylic acids is 1. The number of nitrogens with zero attached hydrogens (tertiary/aromatic N) is 1. The number of likely N-dealkylation sites (tertiary alicyclic amines) is 1. The average molecular weight is 245 g/mol. The predicted molar refractivity (Wildman–Crippen MR) is 63.9 cm³/mol. The van der Waals surface area contributed by atoms with Gasteiger partial charge >= 0.3 is 5.97 Å². The number of aliphatic carboxylic acids is 1. The van der Waals surface area contributed by atoms with Crippen LogP contribution in [0.5, 0.6) is 0 Å². The Bertz CT molecular complexity index is 237. The number of rotatable bonds is 7. The van der Waals surface area contributed by atoms with Crippen LogP contribution in [0, 0.1) is 5.41 Å². The zero-order valence-corrected chi connectivity index (χ0v) is 10.5. The second kappa shape index (κ2) is 6.93. The number of carboxylic acid groups (broad SMARTS) is 1. The Morgan fingerprint density at radius 1 is 1.35 bits per heavy atom. The van der Waals surface area contributed by atoms with Crippen molar-refractivity contribution in [3.8, 4) is 0 Å². The third-order valence-electron chi connectivity index (χ3n) is 3.73. The van der Waals surface area contributed by atoms with Crippen LogP contribution < -0.4 is 0 Å². The quantitative estimate of drug-likeness (QED) is 0.642. The molecule has 17 heavy (non-hydrogen) atoms. The summed E-state index contributed by atoms with van der Waals surface area (Å²) in [5, 5.41) is 17.8. The molecule has 0 aromatic rings. The van der Waals surface area contributed by atoms with Gasteiger partial charge in [0.05, 0.1) is 25.2 Å². The van der Waals surface area contributed by atoms with E-state index in [4.69, 9.17) is 9.84 Å². The first-order valence-corrected chi connectivity index (χ1v) is 6.29. The van der Waals surface area contributed by atoms with Crippen LogP contribution >= 0.6 is 0 Å². The normalized spacial score (nSPS) is 20.4. The number of ether oxygens (including phenoxy) is 1. The van der Waals surface area contributed by atoms with Crippen LogP contribution in [-0.4, -0.2) is 60.5 Å². The van der Waals surface area contributed by atoms with E-state index in [1.807, 2.05) is 6.92 Å². The second-order valence-electron chi connectivity index (χ2n) is 4.62. The van der Waals surface area contributed by atoms with Crippen molar-refractivity contribution >= 4 is 5.97 Å². The summed E-state index contributed by atoms with van der Waals surface area (Å²) in [5.41, 5.74) is -0.511. The first kappa shape index (κ1) is 14.4. The van der Waals surface area contributed by atoms with E-state index >= 15 is 0 Å². The van der Waals surface area contributed by atoms with Crippen LogP contribution in [0.4, 0.5) is 0 Å². The molecule has 1 heterocycles. The highest BCUT2D eigenvalue weighted by Gasteiger charge is 2.39. The van der Waals surface area contributed by atoms with Crippen molar-refractivity contribution in [2.24, 2.45) is 5.41 Å². The summed E-state index contributed by atoms with van der Waals surface area (Å²) >= 11 is 0. The van der Waals surface area contributed by atoms with Gasteiger partial charge in [-0.25, -0.2) is 0 Å². The summed E-state index contributed by atoms with van der Waals surface area (Å²) < 4.78 is 5.20. The van der Waals surface area contributed by atoms with E-state index in [0.717, 1.165) is 32.5 Å². The summed E-state index contributed by atoms with van der Waals surface area (Å²) in [6.07, 6.45) is 2.15. The predicted octanol–water partition coefficient (Wildman–Crippen LogP) is 0.572. The summed E-state index contributed by atoms with van der Waals surface area (Å²) in [6, 6.07) is 0. The molecule has 1 fully saturated rings. The molecule has 1 saturated heterocycles. The Kier molecular flexibility index (Phi) is 5.88. The molecular weight excluding hydrogens is 222 g/mol. The highest BCUT2D eigenvalue weighted by atomic mass is 16.5. The zero-order chi connectivity index (χ0) is 12.7. The van der Waals surface area contributed by atoms with Crippen molar-refractivity contribution in [1.82, 2.24) is 4.90 Å². The maximum Gasteiger partial charge on any atom is 0.309 e. The summed E-state index contributed by atoms with van der Waals surface area (Å²) in [7, 11) is 0. The highest BCUT2D eigenvalue weighted by Crippen LogP contribution is 2.34. The Balaban J connectivity index is 2.27. The van der Waals surface area contributed by atoms with E-state index in [-0.39, 0.29) is 6.61 Å². The lowest BCUT2D eigenvalue weighted by molar-refractivity contribution is -0.152. The number of piperidine rings is 1. The molecule has 5 nitrogen and oxygen atoms in total. The fraction of sp³-hybridized carbons (Fsp3) is 0.917. The Hall–Kier alpha value is -0.650. The minimum atomic E-state index is -0.656. The van der Waals surface area contributed by atoms with Crippen LogP contribution in [0.25, 0.3) is 0 Å². The third-order valence-corrected chi connectivity index (χ3v) is 3.73. The number of carbonyl (C=O) groups is 1. The van der Waals surface area contributed by atoms with Gasteiger partial charge in [0, 0.05) is 6.54 Å². The molecule has 0 spiro atoms. The molecule has 100 valence electrons. The number of aliphatic hydroxyl groups is 1. The molecule has 5 heteroatoms. The first-order valence-electron chi connectivity index (χ1n) is 6.29. The summed E-state index contributed by atoms with van der Waals surface area (Å²) in [6.45, 7) is 5.45. The van der Waals surface area contributed by atoms with Gasteiger partial charge in [-0.1, -0.05) is 6.92 Å². The lowest BCUT2D eigenvalue weighted by Crippen LogP contribution is -2.45. The van der Waals surface area contributed by atoms with E-state index < -0.39 is 11.4 Å². The Labute approximate surface area is 102 Å². The molecule has 0 aromatic carbocycles. The Morgan fingerprint density at radius 3 is 2.47 bits per heavy atom. The number of hydrogen-bond donors (Lipinski definition) is 2. The van der Waals surface area contributed by atoms with E-state index in [0.29, 0.717) is 19.6 Å². The summed E-state index contributed by atoms with van der Waals surface area (Å²) in [4.78, 5) is 13.5. The minimum absolute atomic E-state index is 0.0535. The number of hydrogen-bond acceptors (Lipinski definition) is 4. The lowest BCUT2D eigenvalue weighted by atomic mass is 9.76. The average Bonchev–Trinajstić information content (AvgIpc) is 2.35. The van der Waals surface area contributed by atoms with Crippen molar-refractivity contribution in [3.63, 3.8) is 0 Å². The van der Waals surface area contributed by atoms with Crippen molar-refractivity contribution in [2.45, 2.75) is 26.2 Å². The fourth-order valence-electron chi connectivity index (χ4n) is 2.28. The molecule has 1 aliphatic rings. The van der Waals surface area contributed by atoms with Crippen LogP contribution in [0.2, 0.25) is 0 Å². The maximum absolute atomic E-state index is 11.2. The van der Waals surface area contributed by atoms with Crippen LogP contribution in [0.15, 0.2) is 0 Å². The lowest BCUT2D eigenvalue weighted by Gasteiger charge is -2.38. The van der Waals surface area contributed by atoms with Gasteiger partial charge in [-0.2, -0.15) is 0 Å². The van der Waals surface area contributed by atoms with Crippen molar-refractivity contribution in [2.75, 3.05) is 39.5 Å². The topological polar surface area (TPSA) is 70.0 Å². The fourth-order valence-corrected chi connectivity index (χ4v) is 2.28. The zero-order valence-electron chi connectivity index (χ0n) is 10.5. The van der Waals surface area contributed by atoms with Crippen molar-refractivity contribution < 1.29 is 19.7 Å². The molecule has 2 N–H and O–H groups in total. The molecule has 0 bridgehead atoms. The van der Waals surface area contributed by atoms with Gasteiger partial charge in [0.1, 0.15) is 0 Å².